The number of nitrogen functional groups attached to an aromatic ring is 1. The average molecular weight is 291 g/mol. The number of halogens is 1. The van der Waals surface area contributed by atoms with Crippen LogP contribution in [0.2, 0.25) is 5.02 Å². The fourth-order valence-electron chi connectivity index (χ4n) is 1.82. The first kappa shape index (κ1) is 14.2. The van der Waals surface area contributed by atoms with Crippen molar-refractivity contribution < 1.29 is 9.53 Å². The van der Waals surface area contributed by atoms with Crippen LogP contribution in [-0.2, 0) is 0 Å². The fraction of sp³-hybridized carbons (Fsp3) is 0.133. The lowest BCUT2D eigenvalue weighted by molar-refractivity contribution is 0.102. The molecule has 0 heterocycles. The second-order valence-electron chi connectivity index (χ2n) is 4.32. The third-order valence-corrected chi connectivity index (χ3v) is 3.37. The number of hydrogen-bond acceptors (Lipinski definition) is 3. The van der Waals surface area contributed by atoms with Crippen LogP contribution in [0, 0.1) is 6.92 Å². The Balaban J connectivity index is 2.30. The Morgan fingerprint density at radius 3 is 2.75 bits per heavy atom. The Bertz CT molecular complexity index is 656. The van der Waals surface area contributed by atoms with Crippen molar-refractivity contribution in [2.24, 2.45) is 0 Å². The van der Waals surface area contributed by atoms with Crippen molar-refractivity contribution in [2.45, 2.75) is 6.92 Å². The van der Waals surface area contributed by atoms with Gasteiger partial charge in [0, 0.05) is 17.3 Å². The van der Waals surface area contributed by atoms with Crippen molar-refractivity contribution in [3.05, 3.63) is 52.5 Å². The van der Waals surface area contributed by atoms with E-state index >= 15 is 0 Å². The summed E-state index contributed by atoms with van der Waals surface area (Å²) in [7, 11) is 1.55. The van der Waals surface area contributed by atoms with Gasteiger partial charge in [-0.3, -0.25) is 4.79 Å². The summed E-state index contributed by atoms with van der Waals surface area (Å²) in [5.74, 6) is 0.360. The first-order valence-corrected chi connectivity index (χ1v) is 6.40. The third kappa shape index (κ3) is 2.86. The molecule has 4 nitrogen and oxygen atoms in total. The zero-order valence-electron chi connectivity index (χ0n) is 11.2. The highest BCUT2D eigenvalue weighted by Crippen LogP contribution is 2.27. The van der Waals surface area contributed by atoms with E-state index in [0.717, 1.165) is 5.56 Å². The number of nitrogens with one attached hydrogen (secondary N) is 1. The van der Waals surface area contributed by atoms with Crippen molar-refractivity contribution in [1.29, 1.82) is 0 Å². The van der Waals surface area contributed by atoms with Gasteiger partial charge in [0.2, 0.25) is 0 Å². The molecule has 0 fully saturated rings. The van der Waals surface area contributed by atoms with Crippen LogP contribution < -0.4 is 15.8 Å². The van der Waals surface area contributed by atoms with Gasteiger partial charge in [-0.1, -0.05) is 17.7 Å². The van der Waals surface area contributed by atoms with Gasteiger partial charge in [-0.2, -0.15) is 0 Å². The van der Waals surface area contributed by atoms with Crippen molar-refractivity contribution in [2.75, 3.05) is 18.2 Å². The molecular formula is C15H15ClN2O2. The van der Waals surface area contributed by atoms with Crippen LogP contribution in [0.3, 0.4) is 0 Å². The van der Waals surface area contributed by atoms with Gasteiger partial charge in [0.1, 0.15) is 5.75 Å². The smallest absolute Gasteiger partial charge is 0.256 e. The molecule has 0 aliphatic heterocycles. The molecule has 0 saturated carbocycles. The highest BCUT2D eigenvalue weighted by molar-refractivity contribution is 6.34. The van der Waals surface area contributed by atoms with E-state index in [1.807, 2.05) is 0 Å². The maximum Gasteiger partial charge on any atom is 0.256 e. The van der Waals surface area contributed by atoms with E-state index < -0.39 is 0 Å². The zero-order chi connectivity index (χ0) is 14.7. The van der Waals surface area contributed by atoms with Gasteiger partial charge in [0.15, 0.2) is 0 Å². The number of rotatable bonds is 3. The lowest BCUT2D eigenvalue weighted by Crippen LogP contribution is -2.14. The van der Waals surface area contributed by atoms with E-state index in [1.165, 1.54) is 0 Å². The molecule has 0 saturated heterocycles. The lowest BCUT2D eigenvalue weighted by atomic mass is 10.1. The van der Waals surface area contributed by atoms with Crippen LogP contribution in [-0.4, -0.2) is 13.0 Å². The van der Waals surface area contributed by atoms with Crippen molar-refractivity contribution >= 4 is 28.9 Å². The van der Waals surface area contributed by atoms with Crippen LogP contribution in [0.25, 0.3) is 0 Å². The summed E-state index contributed by atoms with van der Waals surface area (Å²) >= 11 is 6.06. The van der Waals surface area contributed by atoms with Gasteiger partial charge in [0.25, 0.3) is 5.91 Å². The minimum atomic E-state index is -0.259. The van der Waals surface area contributed by atoms with Crippen LogP contribution in [0.1, 0.15) is 15.9 Å². The second-order valence-corrected chi connectivity index (χ2v) is 4.73. The van der Waals surface area contributed by atoms with E-state index in [2.05, 4.69) is 5.32 Å². The predicted octanol–water partition coefficient (Wildman–Crippen LogP) is 3.49. The number of ether oxygens (including phenoxy) is 1. The second kappa shape index (κ2) is 5.84. The summed E-state index contributed by atoms with van der Waals surface area (Å²) in [5, 5.41) is 3.21. The maximum atomic E-state index is 12.3. The Hall–Kier alpha value is -2.20. The van der Waals surface area contributed by atoms with E-state index in [-0.39, 0.29) is 5.91 Å². The number of carbonyl (C=O) groups excluding carboxylic acids is 1. The molecule has 0 aromatic heterocycles. The molecule has 0 radical (unpaired) electrons. The van der Waals surface area contributed by atoms with Crippen LogP contribution in [0.5, 0.6) is 5.75 Å². The van der Waals surface area contributed by atoms with Gasteiger partial charge in [-0.15, -0.1) is 0 Å². The molecular weight excluding hydrogens is 276 g/mol. The number of hydrogen-bond donors (Lipinski definition) is 2. The quantitative estimate of drug-likeness (QED) is 0.851. The molecule has 5 heteroatoms. The summed E-state index contributed by atoms with van der Waals surface area (Å²) in [4.78, 5) is 12.3. The lowest BCUT2D eigenvalue weighted by Gasteiger charge is -2.11. The molecule has 0 aliphatic carbocycles. The first-order valence-electron chi connectivity index (χ1n) is 6.03. The summed E-state index contributed by atoms with van der Waals surface area (Å²) in [6, 6.07) is 10.3. The Labute approximate surface area is 122 Å². The Morgan fingerprint density at radius 2 is 2.05 bits per heavy atom. The number of methoxy groups -OCH3 is 1. The van der Waals surface area contributed by atoms with Gasteiger partial charge in [-0.25, -0.2) is 0 Å². The fourth-order valence-corrected chi connectivity index (χ4v) is 1.98. The molecule has 2 aromatic rings. The number of amides is 1. The van der Waals surface area contributed by atoms with Crippen molar-refractivity contribution in [3.63, 3.8) is 0 Å². The normalized spacial score (nSPS) is 10.2. The number of carbonyl (C=O) groups is 1. The molecule has 20 heavy (non-hydrogen) atoms. The molecule has 0 spiro atoms. The predicted molar refractivity (Wildman–Crippen MR) is 81.5 cm³/mol. The van der Waals surface area contributed by atoms with Gasteiger partial charge < -0.3 is 15.8 Å². The van der Waals surface area contributed by atoms with Crippen LogP contribution in [0.15, 0.2) is 36.4 Å². The summed E-state index contributed by atoms with van der Waals surface area (Å²) < 4.78 is 5.11. The molecule has 2 rings (SSSR count). The molecule has 1 amide bonds. The standard InChI is InChI=1S/C15H15ClN2O2/c1-9-11(4-3-5-13(9)17)15(19)18-14-8-10(20-2)6-7-12(14)16/h3-8H,17H2,1-2H3,(H,18,19). The topological polar surface area (TPSA) is 64.3 Å². The van der Waals surface area contributed by atoms with Crippen LogP contribution in [0.4, 0.5) is 11.4 Å². The maximum absolute atomic E-state index is 12.3. The summed E-state index contributed by atoms with van der Waals surface area (Å²) in [5.41, 5.74) is 8.13. The summed E-state index contributed by atoms with van der Waals surface area (Å²) in [6.07, 6.45) is 0. The molecule has 0 bridgehead atoms. The number of anilines is 2. The first-order chi connectivity index (χ1) is 9.52. The zero-order valence-corrected chi connectivity index (χ0v) is 12.0. The van der Waals surface area contributed by atoms with Gasteiger partial charge in [0.05, 0.1) is 17.8 Å². The minimum Gasteiger partial charge on any atom is -0.497 e. The SMILES string of the molecule is COc1ccc(Cl)c(NC(=O)c2cccc(N)c2C)c1. The van der Waals surface area contributed by atoms with E-state index in [9.17, 15) is 4.79 Å². The highest BCUT2D eigenvalue weighted by atomic mass is 35.5. The van der Waals surface area contributed by atoms with E-state index in [0.29, 0.717) is 27.7 Å². The number of benzene rings is 2. The molecule has 104 valence electrons. The third-order valence-electron chi connectivity index (χ3n) is 3.04. The molecule has 0 unspecified atom stereocenters. The average Bonchev–Trinajstić information content (AvgIpc) is 2.44. The van der Waals surface area contributed by atoms with Crippen molar-refractivity contribution in [1.82, 2.24) is 0 Å². The largest absolute Gasteiger partial charge is 0.497 e. The summed E-state index contributed by atoms with van der Waals surface area (Å²) in [6.45, 7) is 1.80. The molecule has 0 aliphatic rings. The Kier molecular flexibility index (Phi) is 4.15. The molecule has 0 atom stereocenters. The highest BCUT2D eigenvalue weighted by Gasteiger charge is 2.12. The van der Waals surface area contributed by atoms with E-state index in [1.54, 1.807) is 50.4 Å². The number of nitrogens with two attached hydrogens (primary N) is 1. The van der Waals surface area contributed by atoms with Crippen LogP contribution >= 0.6 is 11.6 Å². The van der Waals surface area contributed by atoms with Gasteiger partial charge in [-0.05, 0) is 36.8 Å². The monoisotopic (exact) mass is 290 g/mol. The Morgan fingerprint density at radius 1 is 1.30 bits per heavy atom. The van der Waals surface area contributed by atoms with Gasteiger partial charge >= 0.3 is 0 Å². The van der Waals surface area contributed by atoms with E-state index in [4.69, 9.17) is 22.1 Å². The van der Waals surface area contributed by atoms with Crippen molar-refractivity contribution in [3.8, 4) is 5.75 Å². The molecule has 2 aromatic carbocycles. The minimum absolute atomic E-state index is 0.259. The molecule has 3 N–H and O–H groups in total.